The van der Waals surface area contributed by atoms with E-state index in [2.05, 4.69) is 0 Å². The van der Waals surface area contributed by atoms with Gasteiger partial charge in [-0.2, -0.15) is 0 Å². The first-order valence-corrected chi connectivity index (χ1v) is 9.02. The van der Waals surface area contributed by atoms with E-state index in [-0.39, 0.29) is 29.8 Å². The van der Waals surface area contributed by atoms with Gasteiger partial charge >= 0.3 is 11.7 Å². The Morgan fingerprint density at radius 2 is 2.04 bits per heavy atom. The van der Waals surface area contributed by atoms with E-state index in [9.17, 15) is 19.7 Å². The van der Waals surface area contributed by atoms with Gasteiger partial charge in [0.15, 0.2) is 0 Å². The summed E-state index contributed by atoms with van der Waals surface area (Å²) in [6.07, 6.45) is 3.07. The van der Waals surface area contributed by atoms with Gasteiger partial charge in [-0.05, 0) is 38.3 Å². The van der Waals surface area contributed by atoms with E-state index >= 15 is 0 Å². The van der Waals surface area contributed by atoms with Crippen LogP contribution in [-0.2, 0) is 9.53 Å². The van der Waals surface area contributed by atoms with Crippen LogP contribution in [0.2, 0.25) is 0 Å². The summed E-state index contributed by atoms with van der Waals surface area (Å²) < 4.78 is 4.95. The maximum atomic E-state index is 12.1. The van der Waals surface area contributed by atoms with Crippen molar-refractivity contribution in [2.24, 2.45) is 0 Å². The molecule has 0 aromatic heterocycles. The molecule has 1 aromatic carbocycles. The van der Waals surface area contributed by atoms with Crippen molar-refractivity contribution in [3.63, 3.8) is 0 Å². The van der Waals surface area contributed by atoms with Crippen LogP contribution in [0.15, 0.2) is 18.2 Å². The molecule has 8 heteroatoms. The van der Waals surface area contributed by atoms with E-state index < -0.39 is 10.9 Å². The molecule has 0 bridgehead atoms. The quantitative estimate of drug-likeness (QED) is 0.454. The summed E-state index contributed by atoms with van der Waals surface area (Å²) in [7, 11) is 0. The number of carbonyl (C=O) groups excluding carboxylic acids is 2. The zero-order chi connectivity index (χ0) is 18.7. The van der Waals surface area contributed by atoms with Crippen LogP contribution in [0, 0.1) is 10.1 Å². The Morgan fingerprint density at radius 1 is 1.31 bits per heavy atom. The van der Waals surface area contributed by atoms with Crippen LogP contribution < -0.4 is 4.90 Å². The first-order valence-electron chi connectivity index (χ1n) is 9.02. The normalized spacial score (nSPS) is 18.3. The molecule has 8 nitrogen and oxygen atoms in total. The van der Waals surface area contributed by atoms with Crippen LogP contribution in [-0.4, -0.2) is 54.0 Å². The molecule has 0 saturated carbocycles. The van der Waals surface area contributed by atoms with Gasteiger partial charge < -0.3 is 14.5 Å². The first kappa shape index (κ1) is 18.2. The van der Waals surface area contributed by atoms with Gasteiger partial charge in [-0.3, -0.25) is 14.9 Å². The lowest BCUT2D eigenvalue weighted by atomic mass is 10.0. The Morgan fingerprint density at radius 3 is 2.62 bits per heavy atom. The van der Waals surface area contributed by atoms with Gasteiger partial charge in [0.1, 0.15) is 11.3 Å². The van der Waals surface area contributed by atoms with Gasteiger partial charge in [0.25, 0.3) is 0 Å². The van der Waals surface area contributed by atoms with Crippen molar-refractivity contribution in [3.8, 4) is 0 Å². The van der Waals surface area contributed by atoms with Crippen LogP contribution >= 0.6 is 0 Å². The van der Waals surface area contributed by atoms with Crippen LogP contribution in [0.5, 0.6) is 0 Å². The Labute approximate surface area is 151 Å². The molecule has 2 aliphatic heterocycles. The highest BCUT2D eigenvalue weighted by atomic mass is 16.6. The first-order chi connectivity index (χ1) is 12.5. The van der Waals surface area contributed by atoms with E-state index in [0.717, 1.165) is 25.8 Å². The molecule has 0 atom stereocenters. The fourth-order valence-corrected chi connectivity index (χ4v) is 3.83. The van der Waals surface area contributed by atoms with Gasteiger partial charge in [0.2, 0.25) is 5.91 Å². The second kappa shape index (κ2) is 7.72. The number of nitrogens with zero attached hydrogens (tertiary/aromatic N) is 3. The van der Waals surface area contributed by atoms with Crippen molar-refractivity contribution in [2.75, 3.05) is 31.1 Å². The summed E-state index contributed by atoms with van der Waals surface area (Å²) in [5, 5.41) is 11.6. The van der Waals surface area contributed by atoms with Crippen LogP contribution in [0.4, 0.5) is 11.4 Å². The van der Waals surface area contributed by atoms with Gasteiger partial charge in [-0.25, -0.2) is 4.79 Å². The third kappa shape index (κ3) is 3.49. The van der Waals surface area contributed by atoms with E-state index in [4.69, 9.17) is 4.74 Å². The van der Waals surface area contributed by atoms with Crippen molar-refractivity contribution >= 4 is 23.3 Å². The molecule has 0 aliphatic carbocycles. The fraction of sp³-hybridized carbons (Fsp3) is 0.556. The molecule has 3 rings (SSSR count). The minimum atomic E-state index is -0.682. The number of esters is 1. The number of nitro benzene ring substituents is 1. The van der Waals surface area contributed by atoms with Crippen molar-refractivity contribution < 1.29 is 19.2 Å². The Balaban J connectivity index is 1.79. The molecule has 2 fully saturated rings. The Hall–Kier alpha value is -2.64. The highest BCUT2D eigenvalue weighted by Gasteiger charge is 2.34. The number of carbonyl (C=O) groups is 2. The second-order valence-corrected chi connectivity index (χ2v) is 6.56. The molecular formula is C18H23N3O5. The lowest BCUT2D eigenvalue weighted by molar-refractivity contribution is -0.384. The average molecular weight is 361 g/mol. The zero-order valence-electron chi connectivity index (χ0n) is 14.8. The molecule has 1 amide bonds. The molecule has 2 aliphatic rings. The highest BCUT2D eigenvalue weighted by Crippen LogP contribution is 2.35. The lowest BCUT2D eigenvalue weighted by Crippen LogP contribution is -2.45. The molecule has 0 spiro atoms. The summed E-state index contributed by atoms with van der Waals surface area (Å²) >= 11 is 0. The van der Waals surface area contributed by atoms with E-state index in [1.807, 2.05) is 9.80 Å². The second-order valence-electron chi connectivity index (χ2n) is 6.56. The molecule has 140 valence electrons. The number of nitro groups is 1. The minimum absolute atomic E-state index is 0.0220. The predicted octanol–water partition coefficient (Wildman–Crippen LogP) is 2.36. The number of para-hydroxylation sites is 1. The van der Waals surface area contributed by atoms with Crippen molar-refractivity contribution in [1.82, 2.24) is 4.90 Å². The van der Waals surface area contributed by atoms with Crippen molar-refractivity contribution in [2.45, 2.75) is 38.6 Å². The minimum Gasteiger partial charge on any atom is -0.462 e. The smallest absolute Gasteiger partial charge is 0.345 e. The molecule has 2 saturated heterocycles. The Bertz CT molecular complexity index is 713. The maximum Gasteiger partial charge on any atom is 0.345 e. The largest absolute Gasteiger partial charge is 0.462 e. The Kier molecular flexibility index (Phi) is 5.39. The monoisotopic (exact) mass is 361 g/mol. The summed E-state index contributed by atoms with van der Waals surface area (Å²) in [5.41, 5.74) is 0.208. The lowest BCUT2D eigenvalue weighted by Gasteiger charge is -2.37. The van der Waals surface area contributed by atoms with Crippen LogP contribution in [0.3, 0.4) is 0 Å². The number of rotatable bonds is 5. The molecule has 0 N–H and O–H groups in total. The van der Waals surface area contributed by atoms with Crippen molar-refractivity contribution in [3.05, 3.63) is 33.9 Å². The van der Waals surface area contributed by atoms with Gasteiger partial charge in [-0.1, -0.05) is 6.07 Å². The number of ether oxygens (including phenoxy) is 1. The standard InChI is InChI=1S/C18H23N3O5/c1-2-26-18(23)14-5-3-6-15(17(14)21(24)25)19-11-8-13(9-12-19)20-10-4-7-16(20)22/h3,5-6,13H,2,4,7-12H2,1H3. The predicted molar refractivity (Wildman–Crippen MR) is 95.2 cm³/mol. The molecular weight excluding hydrogens is 338 g/mol. The van der Waals surface area contributed by atoms with Crippen LogP contribution in [0.1, 0.15) is 43.0 Å². The number of benzene rings is 1. The SMILES string of the molecule is CCOC(=O)c1cccc(N2CCC(N3CCCC3=O)CC2)c1[N+](=O)[O-]. The third-order valence-electron chi connectivity index (χ3n) is 5.05. The summed E-state index contributed by atoms with van der Waals surface area (Å²) in [4.78, 5) is 39.0. The summed E-state index contributed by atoms with van der Waals surface area (Å²) in [6, 6.07) is 4.94. The van der Waals surface area contributed by atoms with E-state index in [0.29, 0.717) is 25.2 Å². The fourth-order valence-electron chi connectivity index (χ4n) is 3.83. The third-order valence-corrected chi connectivity index (χ3v) is 5.05. The van der Waals surface area contributed by atoms with Gasteiger partial charge in [-0.15, -0.1) is 0 Å². The maximum absolute atomic E-state index is 12.1. The van der Waals surface area contributed by atoms with Gasteiger partial charge in [0, 0.05) is 32.1 Å². The number of anilines is 1. The van der Waals surface area contributed by atoms with Crippen molar-refractivity contribution in [1.29, 1.82) is 0 Å². The van der Waals surface area contributed by atoms with E-state index in [1.54, 1.807) is 19.1 Å². The number of amides is 1. The molecule has 0 unspecified atom stereocenters. The molecule has 0 radical (unpaired) electrons. The van der Waals surface area contributed by atoms with Gasteiger partial charge in [0.05, 0.1) is 11.5 Å². The summed E-state index contributed by atoms with van der Waals surface area (Å²) in [5.74, 6) is -0.475. The number of hydrogen-bond acceptors (Lipinski definition) is 6. The van der Waals surface area contributed by atoms with E-state index in [1.165, 1.54) is 6.07 Å². The zero-order valence-corrected chi connectivity index (χ0v) is 14.8. The topological polar surface area (TPSA) is 93.0 Å². The number of piperidine rings is 1. The summed E-state index contributed by atoms with van der Waals surface area (Å²) in [6.45, 7) is 3.86. The average Bonchev–Trinajstić information content (AvgIpc) is 3.07. The number of likely N-dealkylation sites (tertiary alicyclic amines) is 1. The highest BCUT2D eigenvalue weighted by molar-refractivity contribution is 5.97. The molecule has 2 heterocycles. The molecule has 26 heavy (non-hydrogen) atoms. The molecule has 1 aromatic rings. The van der Waals surface area contributed by atoms with Crippen LogP contribution in [0.25, 0.3) is 0 Å². The number of hydrogen-bond donors (Lipinski definition) is 0.